The molecule has 0 saturated carbocycles. The van der Waals surface area contributed by atoms with E-state index in [1.807, 2.05) is 0 Å². The lowest BCUT2D eigenvalue weighted by molar-refractivity contribution is -0.195. The molecule has 1 N–H and O–H groups in total. The van der Waals surface area contributed by atoms with E-state index in [9.17, 15) is 27.6 Å². The molecule has 0 saturated heterocycles. The van der Waals surface area contributed by atoms with Crippen LogP contribution in [0.4, 0.5) is 13.2 Å². The molecule has 0 bridgehead atoms. The summed E-state index contributed by atoms with van der Waals surface area (Å²) in [7, 11) is 0. The van der Waals surface area contributed by atoms with Crippen molar-refractivity contribution in [2.45, 2.75) is 90.4 Å². The number of hydrogen-bond acceptors (Lipinski definition) is 5. The fourth-order valence-electron chi connectivity index (χ4n) is 4.15. The zero-order valence-corrected chi connectivity index (χ0v) is 22.6. The summed E-state index contributed by atoms with van der Waals surface area (Å²) in [6.07, 6.45) is 7.82. The lowest BCUT2D eigenvalue weighted by atomic mass is 10.1. The molecule has 39 heavy (non-hydrogen) atoms. The van der Waals surface area contributed by atoms with Crippen LogP contribution in [-0.2, 0) is 33.7 Å². The Balaban J connectivity index is 1.79. The molecule has 0 aliphatic carbocycles. The molecule has 0 aliphatic rings. The number of halogens is 3. The second-order valence-electron chi connectivity index (χ2n) is 9.66. The maximum atomic E-state index is 12.8. The molecule has 0 radical (unpaired) electrons. The van der Waals surface area contributed by atoms with Crippen LogP contribution in [0.1, 0.15) is 98.2 Å². The van der Waals surface area contributed by atoms with Gasteiger partial charge in [-0.1, -0.05) is 89.0 Å². The number of aldehydes is 1. The maximum absolute atomic E-state index is 12.8. The number of benzene rings is 2. The van der Waals surface area contributed by atoms with Crippen molar-refractivity contribution in [1.29, 1.82) is 0 Å². The lowest BCUT2D eigenvalue weighted by Gasteiger charge is -2.20. The Bertz CT molecular complexity index is 1010. The third kappa shape index (κ3) is 12.9. The first-order chi connectivity index (χ1) is 18.7. The number of amides is 1. The van der Waals surface area contributed by atoms with Crippen LogP contribution in [0.2, 0.25) is 0 Å². The Morgan fingerprint density at radius 3 is 1.77 bits per heavy atom. The molecule has 2 rings (SSSR count). The summed E-state index contributed by atoms with van der Waals surface area (Å²) in [5, 5.41) is 4.11. The number of hydrogen-bond donors (Lipinski definition) is 1. The summed E-state index contributed by atoms with van der Waals surface area (Å²) in [4.78, 5) is 39.8. The van der Waals surface area contributed by atoms with E-state index in [4.69, 9.17) is 4.84 Å². The van der Waals surface area contributed by atoms with Gasteiger partial charge >= 0.3 is 12.1 Å². The smallest absolute Gasteiger partial charge is 0.361 e. The third-order valence-corrected chi connectivity index (χ3v) is 6.35. The molecule has 0 spiro atoms. The van der Waals surface area contributed by atoms with Crippen molar-refractivity contribution < 1.29 is 32.4 Å². The molecular weight excluding hydrogens is 509 g/mol. The minimum Gasteiger partial charge on any atom is -0.361 e. The van der Waals surface area contributed by atoms with Gasteiger partial charge in [0.25, 0.3) is 5.91 Å². The van der Waals surface area contributed by atoms with Crippen LogP contribution < -0.4 is 5.32 Å². The van der Waals surface area contributed by atoms with Gasteiger partial charge in [-0.05, 0) is 41.8 Å². The van der Waals surface area contributed by atoms with Gasteiger partial charge in [-0.2, -0.15) is 13.2 Å². The highest BCUT2D eigenvalue weighted by molar-refractivity contribution is 6.20. The molecule has 2 aromatic rings. The summed E-state index contributed by atoms with van der Waals surface area (Å²) in [5.41, 5.74) is 0.853. The van der Waals surface area contributed by atoms with Crippen molar-refractivity contribution in [2.24, 2.45) is 0 Å². The third-order valence-electron chi connectivity index (χ3n) is 6.35. The van der Waals surface area contributed by atoms with E-state index < -0.39 is 17.7 Å². The molecule has 0 unspecified atom stereocenters. The van der Waals surface area contributed by atoms with Crippen LogP contribution in [0.25, 0.3) is 0 Å². The summed E-state index contributed by atoms with van der Waals surface area (Å²) < 4.78 is 38.4. The quantitative estimate of drug-likeness (QED) is 0.0938. The summed E-state index contributed by atoms with van der Waals surface area (Å²) in [5.74, 6) is -1.30. The summed E-state index contributed by atoms with van der Waals surface area (Å²) >= 11 is 0. The predicted molar refractivity (Wildman–Crippen MR) is 143 cm³/mol. The molecule has 0 aromatic heterocycles. The van der Waals surface area contributed by atoms with E-state index in [1.54, 1.807) is 24.3 Å². The second kappa shape index (κ2) is 17.4. The first-order valence-electron chi connectivity index (χ1n) is 13.7. The summed E-state index contributed by atoms with van der Waals surface area (Å²) in [6, 6.07) is 11.2. The van der Waals surface area contributed by atoms with Gasteiger partial charge in [0.15, 0.2) is 0 Å². The van der Waals surface area contributed by atoms with Gasteiger partial charge in [0, 0.05) is 12.1 Å². The topological polar surface area (TPSA) is 75.7 Å². The molecule has 0 aliphatic heterocycles. The van der Waals surface area contributed by atoms with E-state index in [0.717, 1.165) is 25.0 Å². The van der Waals surface area contributed by atoms with Gasteiger partial charge in [-0.15, -0.1) is 5.06 Å². The van der Waals surface area contributed by atoms with Crippen LogP contribution in [0.5, 0.6) is 0 Å². The molecule has 6 nitrogen and oxygen atoms in total. The first-order valence-corrected chi connectivity index (χ1v) is 13.7. The van der Waals surface area contributed by atoms with Gasteiger partial charge in [0.1, 0.15) is 0 Å². The Hall–Kier alpha value is -3.20. The largest absolute Gasteiger partial charge is 0.416 e. The number of alkyl halides is 3. The van der Waals surface area contributed by atoms with Crippen molar-refractivity contribution in [3.8, 4) is 0 Å². The number of nitrogens with one attached hydrogen (secondary N) is 1. The highest BCUT2D eigenvalue weighted by atomic mass is 19.4. The SMILES string of the molecule is CCCCCCCCCCCCNC(=O)c1ccc(CN(Cc2ccc(C(F)(F)F)cc2)OC(=O)C=O)cc1. The average Bonchev–Trinajstić information content (AvgIpc) is 2.91. The molecule has 9 heteroatoms. The average molecular weight is 549 g/mol. The van der Waals surface area contributed by atoms with Crippen molar-refractivity contribution in [2.75, 3.05) is 6.54 Å². The lowest BCUT2D eigenvalue weighted by Crippen LogP contribution is -2.27. The molecule has 0 heterocycles. The zero-order valence-electron chi connectivity index (χ0n) is 22.6. The second-order valence-corrected chi connectivity index (χ2v) is 9.66. The van der Waals surface area contributed by atoms with E-state index >= 15 is 0 Å². The normalized spacial score (nSPS) is 11.4. The fourth-order valence-corrected chi connectivity index (χ4v) is 4.15. The van der Waals surface area contributed by atoms with Crippen molar-refractivity contribution in [3.63, 3.8) is 0 Å². The molecule has 214 valence electrons. The number of carbonyl (C=O) groups excluding carboxylic acids is 3. The molecule has 1 amide bonds. The first kappa shape index (κ1) is 32.0. The van der Waals surface area contributed by atoms with Crippen LogP contribution in [-0.4, -0.2) is 29.8 Å². The molecule has 0 fully saturated rings. The number of nitrogens with zero attached hydrogens (tertiary/aromatic N) is 1. The number of carbonyl (C=O) groups is 3. The van der Waals surface area contributed by atoms with Crippen LogP contribution in [0, 0.1) is 0 Å². The molecule has 2 aromatic carbocycles. The predicted octanol–water partition coefficient (Wildman–Crippen LogP) is 7.02. The Kier molecular flexibility index (Phi) is 14.3. The molecule has 0 atom stereocenters. The van der Waals surface area contributed by atoms with Crippen LogP contribution in [0.15, 0.2) is 48.5 Å². The van der Waals surface area contributed by atoms with E-state index in [-0.39, 0.29) is 25.3 Å². The van der Waals surface area contributed by atoms with Gasteiger partial charge in [-0.25, -0.2) is 4.79 Å². The van der Waals surface area contributed by atoms with Crippen molar-refractivity contribution >= 4 is 18.2 Å². The minimum absolute atomic E-state index is 0.0157. The summed E-state index contributed by atoms with van der Waals surface area (Å²) in [6.45, 7) is 2.87. The van der Waals surface area contributed by atoms with Gasteiger partial charge < -0.3 is 10.2 Å². The standard InChI is InChI=1S/C30H39F3N2O4/c1-2-3-4-5-6-7-8-9-10-11-20-34-29(38)26-16-12-24(13-17-26)21-35(39-28(37)23-36)22-25-14-18-27(19-15-25)30(31,32)33/h12-19,23H,2-11,20-22H2,1H3,(H,34,38). The minimum atomic E-state index is -4.45. The van der Waals surface area contributed by atoms with Crippen molar-refractivity contribution in [1.82, 2.24) is 10.4 Å². The fraction of sp³-hybridized carbons (Fsp3) is 0.500. The highest BCUT2D eigenvalue weighted by Gasteiger charge is 2.30. The van der Waals surface area contributed by atoms with Crippen molar-refractivity contribution in [3.05, 3.63) is 70.8 Å². The maximum Gasteiger partial charge on any atom is 0.416 e. The van der Waals surface area contributed by atoms with Gasteiger partial charge in [0.05, 0.1) is 18.7 Å². The Morgan fingerprint density at radius 2 is 1.28 bits per heavy atom. The Morgan fingerprint density at radius 1 is 0.795 bits per heavy atom. The van der Waals surface area contributed by atoms with Gasteiger partial charge in [0.2, 0.25) is 6.29 Å². The van der Waals surface area contributed by atoms with E-state index in [0.29, 0.717) is 23.2 Å². The van der Waals surface area contributed by atoms with Crippen LogP contribution >= 0.6 is 0 Å². The van der Waals surface area contributed by atoms with Gasteiger partial charge in [-0.3, -0.25) is 9.59 Å². The molecular formula is C30H39F3N2O4. The number of unbranched alkanes of at least 4 members (excludes halogenated alkanes) is 9. The van der Waals surface area contributed by atoms with E-state index in [1.165, 1.54) is 68.6 Å². The van der Waals surface area contributed by atoms with Crippen LogP contribution in [0.3, 0.4) is 0 Å². The monoisotopic (exact) mass is 548 g/mol. The highest BCUT2D eigenvalue weighted by Crippen LogP contribution is 2.29. The zero-order chi connectivity index (χ0) is 28.5. The van der Waals surface area contributed by atoms with E-state index in [2.05, 4.69) is 12.2 Å². The number of rotatable bonds is 18. The number of hydroxylamine groups is 2. The Labute approximate surface area is 228 Å².